The Labute approximate surface area is 109 Å². The molecule has 0 fully saturated rings. The van der Waals surface area contributed by atoms with Crippen LogP contribution >= 0.6 is 0 Å². The SMILES string of the molecule is O=C(N[C@@H]1C=C[C@H](CO)C1)c1cccc([N+](=O)[O-])c1. The maximum Gasteiger partial charge on any atom is 0.270 e. The molecular weight excluding hydrogens is 248 g/mol. The number of aliphatic hydroxyl groups is 1. The van der Waals surface area contributed by atoms with Crippen LogP contribution in [0.4, 0.5) is 5.69 Å². The summed E-state index contributed by atoms with van der Waals surface area (Å²) in [6.45, 7) is 0.0552. The summed E-state index contributed by atoms with van der Waals surface area (Å²) in [5, 5.41) is 22.4. The highest BCUT2D eigenvalue weighted by molar-refractivity contribution is 5.95. The fourth-order valence-corrected chi connectivity index (χ4v) is 2.03. The van der Waals surface area contributed by atoms with Gasteiger partial charge in [-0.3, -0.25) is 14.9 Å². The van der Waals surface area contributed by atoms with Crippen molar-refractivity contribution >= 4 is 11.6 Å². The van der Waals surface area contributed by atoms with Gasteiger partial charge in [0, 0.05) is 36.3 Å². The van der Waals surface area contributed by atoms with Crippen molar-refractivity contribution < 1.29 is 14.8 Å². The third kappa shape index (κ3) is 3.17. The first-order valence-corrected chi connectivity index (χ1v) is 5.94. The molecule has 100 valence electrons. The first-order chi connectivity index (χ1) is 9.10. The Bertz CT molecular complexity index is 527. The van der Waals surface area contributed by atoms with Crippen molar-refractivity contribution in [2.45, 2.75) is 12.5 Å². The van der Waals surface area contributed by atoms with Crippen molar-refractivity contribution in [2.24, 2.45) is 5.92 Å². The number of benzene rings is 1. The van der Waals surface area contributed by atoms with Gasteiger partial charge in [0.25, 0.3) is 11.6 Å². The quantitative estimate of drug-likeness (QED) is 0.485. The van der Waals surface area contributed by atoms with E-state index in [1.54, 1.807) is 0 Å². The molecule has 0 bridgehead atoms. The van der Waals surface area contributed by atoms with E-state index >= 15 is 0 Å². The Balaban J connectivity index is 2.03. The van der Waals surface area contributed by atoms with Crippen LogP contribution in [0.25, 0.3) is 0 Å². The van der Waals surface area contributed by atoms with Crippen LogP contribution in [0.15, 0.2) is 36.4 Å². The van der Waals surface area contributed by atoms with Gasteiger partial charge in [0.05, 0.1) is 4.92 Å². The molecule has 19 heavy (non-hydrogen) atoms. The molecule has 0 saturated carbocycles. The third-order valence-corrected chi connectivity index (χ3v) is 3.04. The highest BCUT2D eigenvalue weighted by Crippen LogP contribution is 2.18. The van der Waals surface area contributed by atoms with Crippen LogP contribution in [0.1, 0.15) is 16.8 Å². The van der Waals surface area contributed by atoms with Crippen LogP contribution in [0, 0.1) is 16.0 Å². The second-order valence-corrected chi connectivity index (χ2v) is 4.45. The highest BCUT2D eigenvalue weighted by atomic mass is 16.6. The number of nitro benzene ring substituents is 1. The van der Waals surface area contributed by atoms with Gasteiger partial charge in [0.15, 0.2) is 0 Å². The van der Waals surface area contributed by atoms with Crippen LogP contribution in [0.5, 0.6) is 0 Å². The molecule has 0 aromatic heterocycles. The molecule has 0 aliphatic heterocycles. The Morgan fingerprint density at radius 2 is 2.26 bits per heavy atom. The van der Waals surface area contributed by atoms with Crippen LogP contribution in [0.3, 0.4) is 0 Å². The number of hydrogen-bond donors (Lipinski definition) is 2. The number of carbonyl (C=O) groups excluding carboxylic acids is 1. The van der Waals surface area contributed by atoms with Crippen molar-refractivity contribution in [1.82, 2.24) is 5.32 Å². The van der Waals surface area contributed by atoms with E-state index < -0.39 is 4.92 Å². The average Bonchev–Trinajstić information content (AvgIpc) is 2.86. The lowest BCUT2D eigenvalue weighted by molar-refractivity contribution is -0.384. The number of nitrogens with zero attached hydrogens (tertiary/aromatic N) is 1. The van der Waals surface area contributed by atoms with Gasteiger partial charge in [0.2, 0.25) is 0 Å². The number of amides is 1. The summed E-state index contributed by atoms with van der Waals surface area (Å²) in [5.41, 5.74) is 0.151. The molecule has 0 radical (unpaired) electrons. The van der Waals surface area contributed by atoms with E-state index in [1.165, 1.54) is 24.3 Å². The Morgan fingerprint density at radius 1 is 1.47 bits per heavy atom. The van der Waals surface area contributed by atoms with Gasteiger partial charge in [-0.1, -0.05) is 18.2 Å². The largest absolute Gasteiger partial charge is 0.396 e. The van der Waals surface area contributed by atoms with E-state index in [2.05, 4.69) is 5.32 Å². The number of aliphatic hydroxyl groups excluding tert-OH is 1. The second-order valence-electron chi connectivity index (χ2n) is 4.45. The van der Waals surface area contributed by atoms with Crippen LogP contribution < -0.4 is 5.32 Å². The van der Waals surface area contributed by atoms with Gasteiger partial charge in [-0.05, 0) is 12.5 Å². The average molecular weight is 262 g/mol. The van der Waals surface area contributed by atoms with Gasteiger partial charge in [-0.15, -0.1) is 0 Å². The maximum absolute atomic E-state index is 11.9. The zero-order chi connectivity index (χ0) is 13.8. The monoisotopic (exact) mass is 262 g/mol. The molecule has 6 heteroatoms. The number of nitro groups is 1. The standard InChI is InChI=1S/C13H14N2O4/c16-8-9-4-5-11(6-9)14-13(17)10-2-1-3-12(7-10)15(18)19/h1-5,7,9,11,16H,6,8H2,(H,14,17)/t9-,11+/m0/s1. The Kier molecular flexibility index (Phi) is 3.91. The fraction of sp³-hybridized carbons (Fsp3) is 0.308. The van der Waals surface area contributed by atoms with E-state index in [9.17, 15) is 14.9 Å². The van der Waals surface area contributed by atoms with E-state index in [0.29, 0.717) is 6.42 Å². The zero-order valence-electron chi connectivity index (χ0n) is 10.2. The molecule has 0 saturated heterocycles. The maximum atomic E-state index is 11.9. The van der Waals surface area contributed by atoms with Crippen molar-refractivity contribution in [2.75, 3.05) is 6.61 Å². The van der Waals surface area contributed by atoms with E-state index in [1.807, 2.05) is 12.2 Å². The lowest BCUT2D eigenvalue weighted by atomic mass is 10.1. The molecule has 0 heterocycles. The Morgan fingerprint density at radius 3 is 2.89 bits per heavy atom. The van der Waals surface area contributed by atoms with Crippen molar-refractivity contribution in [3.05, 3.63) is 52.1 Å². The summed E-state index contributed by atoms with van der Waals surface area (Å²) in [4.78, 5) is 22.0. The van der Waals surface area contributed by atoms with Gasteiger partial charge in [0.1, 0.15) is 0 Å². The topological polar surface area (TPSA) is 92.5 Å². The minimum atomic E-state index is -0.534. The smallest absolute Gasteiger partial charge is 0.270 e. The van der Waals surface area contributed by atoms with E-state index in [4.69, 9.17) is 5.11 Å². The summed E-state index contributed by atoms with van der Waals surface area (Å²) in [5.74, 6) is -0.285. The van der Waals surface area contributed by atoms with Crippen LogP contribution in [-0.4, -0.2) is 28.6 Å². The van der Waals surface area contributed by atoms with Crippen molar-refractivity contribution in [3.63, 3.8) is 0 Å². The molecule has 2 atom stereocenters. The molecule has 0 spiro atoms. The highest BCUT2D eigenvalue weighted by Gasteiger charge is 2.20. The predicted molar refractivity (Wildman–Crippen MR) is 68.7 cm³/mol. The molecule has 1 aliphatic rings. The van der Waals surface area contributed by atoms with Crippen LogP contribution in [-0.2, 0) is 0 Å². The van der Waals surface area contributed by atoms with Crippen molar-refractivity contribution in [1.29, 1.82) is 0 Å². The lowest BCUT2D eigenvalue weighted by Crippen LogP contribution is -2.32. The molecule has 1 aromatic rings. The minimum Gasteiger partial charge on any atom is -0.396 e. The number of hydrogen-bond acceptors (Lipinski definition) is 4. The molecule has 0 unspecified atom stereocenters. The number of carbonyl (C=O) groups is 1. The summed E-state index contributed by atoms with van der Waals surface area (Å²) < 4.78 is 0. The number of nitrogens with one attached hydrogen (secondary N) is 1. The first kappa shape index (κ1) is 13.2. The molecule has 1 amide bonds. The van der Waals surface area contributed by atoms with E-state index in [-0.39, 0.29) is 35.7 Å². The second kappa shape index (κ2) is 5.62. The molecule has 2 N–H and O–H groups in total. The van der Waals surface area contributed by atoms with Gasteiger partial charge in [-0.25, -0.2) is 0 Å². The molecule has 6 nitrogen and oxygen atoms in total. The summed E-state index contributed by atoms with van der Waals surface area (Å²) in [7, 11) is 0. The van der Waals surface area contributed by atoms with E-state index in [0.717, 1.165) is 0 Å². The summed E-state index contributed by atoms with van der Waals surface area (Å²) >= 11 is 0. The number of rotatable bonds is 4. The lowest BCUT2D eigenvalue weighted by Gasteiger charge is -2.12. The van der Waals surface area contributed by atoms with Crippen LogP contribution in [0.2, 0.25) is 0 Å². The number of non-ortho nitro benzene ring substituents is 1. The molecule has 1 aromatic carbocycles. The molecule has 1 aliphatic carbocycles. The summed E-state index contributed by atoms with van der Waals surface area (Å²) in [6, 6.07) is 5.47. The van der Waals surface area contributed by atoms with Gasteiger partial charge >= 0.3 is 0 Å². The van der Waals surface area contributed by atoms with Gasteiger partial charge in [-0.2, -0.15) is 0 Å². The first-order valence-electron chi connectivity index (χ1n) is 5.94. The fourth-order valence-electron chi connectivity index (χ4n) is 2.03. The zero-order valence-corrected chi connectivity index (χ0v) is 10.2. The normalized spacial score (nSPS) is 21.3. The third-order valence-electron chi connectivity index (χ3n) is 3.04. The minimum absolute atomic E-state index is 0.0552. The van der Waals surface area contributed by atoms with Gasteiger partial charge < -0.3 is 10.4 Å². The summed E-state index contributed by atoms with van der Waals surface area (Å²) in [6.07, 6.45) is 4.34. The molecular formula is C13H14N2O4. The Hall–Kier alpha value is -2.21. The predicted octanol–water partition coefficient (Wildman–Crippen LogP) is 1.26. The molecule has 2 rings (SSSR count). The van der Waals surface area contributed by atoms with Crippen molar-refractivity contribution in [3.8, 4) is 0 Å².